The first kappa shape index (κ1) is 23.5. The lowest BCUT2D eigenvalue weighted by Gasteiger charge is -2.19. The second-order valence-electron chi connectivity index (χ2n) is 7.73. The zero-order valence-electron chi connectivity index (χ0n) is 18.1. The van der Waals surface area contributed by atoms with Gasteiger partial charge in [-0.05, 0) is 23.5 Å². The first-order valence-corrected chi connectivity index (χ1v) is 9.70. The van der Waals surface area contributed by atoms with Gasteiger partial charge in [-0.3, -0.25) is 4.68 Å². The van der Waals surface area contributed by atoms with Crippen molar-refractivity contribution in [2.45, 2.75) is 33.1 Å². The van der Waals surface area contributed by atoms with E-state index in [1.807, 2.05) is 24.3 Å². The lowest BCUT2D eigenvalue weighted by atomic mass is 9.86. The highest BCUT2D eigenvalue weighted by molar-refractivity contribution is 6.33. The molecule has 0 atom stereocenters. The van der Waals surface area contributed by atoms with E-state index in [0.29, 0.717) is 22.0 Å². The molecule has 2 rings (SSSR count). The number of nitriles is 1. The molecule has 0 saturated carbocycles. The van der Waals surface area contributed by atoms with Gasteiger partial charge in [0.05, 0.1) is 10.7 Å². The summed E-state index contributed by atoms with van der Waals surface area (Å²) in [4.78, 5) is 11.6. The van der Waals surface area contributed by atoms with Gasteiger partial charge in [0.1, 0.15) is 23.9 Å². The third-order valence-corrected chi connectivity index (χ3v) is 4.88. The number of ether oxygens (including phenoxy) is 3. The number of esters is 1. The van der Waals surface area contributed by atoms with Gasteiger partial charge >= 0.3 is 5.97 Å². The number of rotatable bonds is 7. The van der Waals surface area contributed by atoms with E-state index >= 15 is 0 Å². The molecule has 0 N–H and O–H groups in total. The highest BCUT2D eigenvalue weighted by Gasteiger charge is 2.23. The highest BCUT2D eigenvalue weighted by atomic mass is 35.5. The Morgan fingerprint density at radius 1 is 1.23 bits per heavy atom. The van der Waals surface area contributed by atoms with Crippen LogP contribution in [0.15, 0.2) is 24.3 Å². The van der Waals surface area contributed by atoms with Crippen molar-refractivity contribution in [3.8, 4) is 6.07 Å². The van der Waals surface area contributed by atoms with Crippen molar-refractivity contribution in [3.05, 3.63) is 51.8 Å². The maximum atomic E-state index is 11.6. The van der Waals surface area contributed by atoms with Gasteiger partial charge in [-0.2, -0.15) is 10.4 Å². The fourth-order valence-electron chi connectivity index (χ4n) is 2.83. The van der Waals surface area contributed by atoms with Gasteiger partial charge in [0.2, 0.25) is 6.79 Å². The molecular weight excluding hydrogens is 406 g/mol. The molecule has 0 bridgehead atoms. The van der Waals surface area contributed by atoms with E-state index in [2.05, 4.69) is 31.9 Å². The standard InChI is InChI=1S/C22H26ClN3O4/c1-14-19(23)20(26(5)25-14)21(30-13-29-18(27)12-28-6)17(11-24)15-7-9-16(10-8-15)22(2,3)4/h7-10H,12-13H2,1-6H3/b21-17-. The zero-order chi connectivity index (χ0) is 22.5. The number of aromatic nitrogens is 2. The largest absolute Gasteiger partial charge is 0.454 e. The quantitative estimate of drug-likeness (QED) is 0.282. The Bertz CT molecular complexity index is 980. The van der Waals surface area contributed by atoms with Crippen molar-refractivity contribution in [1.82, 2.24) is 9.78 Å². The maximum Gasteiger partial charge on any atom is 0.334 e. The number of halogens is 1. The van der Waals surface area contributed by atoms with Crippen LogP contribution < -0.4 is 0 Å². The number of carbonyl (C=O) groups is 1. The van der Waals surface area contributed by atoms with Gasteiger partial charge in [-0.15, -0.1) is 0 Å². The van der Waals surface area contributed by atoms with E-state index < -0.39 is 12.8 Å². The fourth-order valence-corrected chi connectivity index (χ4v) is 3.08. The topological polar surface area (TPSA) is 86.4 Å². The Labute approximate surface area is 181 Å². The normalized spacial score (nSPS) is 12.2. The minimum Gasteiger partial charge on any atom is -0.454 e. The summed E-state index contributed by atoms with van der Waals surface area (Å²) in [5.41, 5.74) is 3.03. The van der Waals surface area contributed by atoms with Gasteiger partial charge in [-0.25, -0.2) is 4.79 Å². The molecule has 0 radical (unpaired) electrons. The van der Waals surface area contributed by atoms with Crippen molar-refractivity contribution < 1.29 is 19.0 Å². The van der Waals surface area contributed by atoms with E-state index in [0.717, 1.165) is 5.56 Å². The predicted molar refractivity (Wildman–Crippen MR) is 114 cm³/mol. The molecule has 7 nitrogen and oxygen atoms in total. The van der Waals surface area contributed by atoms with Crippen LogP contribution in [0.4, 0.5) is 0 Å². The number of carbonyl (C=O) groups excluding carboxylic acids is 1. The SMILES string of the molecule is COCC(=O)OCO/C(=C(/C#N)c1ccc(C(C)(C)C)cc1)c1c(Cl)c(C)nn1C. The minimum atomic E-state index is -0.586. The number of methoxy groups -OCH3 is 1. The number of hydrogen-bond acceptors (Lipinski definition) is 6. The van der Waals surface area contributed by atoms with Crippen LogP contribution in [0.5, 0.6) is 0 Å². The predicted octanol–water partition coefficient (Wildman–Crippen LogP) is 4.24. The van der Waals surface area contributed by atoms with Gasteiger partial charge in [-0.1, -0.05) is 56.6 Å². The summed E-state index contributed by atoms with van der Waals surface area (Å²) >= 11 is 6.44. The smallest absolute Gasteiger partial charge is 0.334 e. The Morgan fingerprint density at radius 2 is 1.87 bits per heavy atom. The van der Waals surface area contributed by atoms with Crippen molar-refractivity contribution in [3.63, 3.8) is 0 Å². The van der Waals surface area contributed by atoms with Crippen LogP contribution in [0.3, 0.4) is 0 Å². The maximum absolute atomic E-state index is 11.6. The Kier molecular flexibility index (Phi) is 7.65. The van der Waals surface area contributed by atoms with Crippen molar-refractivity contribution in [2.75, 3.05) is 20.5 Å². The fraction of sp³-hybridized carbons (Fsp3) is 0.409. The van der Waals surface area contributed by atoms with Crippen LogP contribution >= 0.6 is 11.6 Å². The molecule has 0 fully saturated rings. The molecule has 0 aliphatic heterocycles. The Hall–Kier alpha value is -2.82. The van der Waals surface area contributed by atoms with Crippen LogP contribution in [0, 0.1) is 18.3 Å². The zero-order valence-corrected chi connectivity index (χ0v) is 18.8. The van der Waals surface area contributed by atoms with Gasteiger partial charge in [0.25, 0.3) is 0 Å². The first-order chi connectivity index (χ1) is 14.1. The number of nitrogens with zero attached hydrogens (tertiary/aromatic N) is 3. The molecule has 0 amide bonds. The molecule has 1 aromatic carbocycles. The van der Waals surface area contributed by atoms with Crippen molar-refractivity contribution >= 4 is 28.9 Å². The molecule has 2 aromatic rings. The van der Waals surface area contributed by atoms with Crippen LogP contribution in [-0.4, -0.2) is 36.3 Å². The summed E-state index contributed by atoms with van der Waals surface area (Å²) in [5.74, 6) is -0.406. The molecular formula is C22H26ClN3O4. The highest BCUT2D eigenvalue weighted by Crippen LogP contribution is 2.34. The van der Waals surface area contributed by atoms with E-state index in [9.17, 15) is 10.1 Å². The second-order valence-corrected chi connectivity index (χ2v) is 8.10. The minimum absolute atomic E-state index is 0.0214. The van der Waals surface area contributed by atoms with E-state index in [1.165, 1.54) is 11.8 Å². The Morgan fingerprint density at radius 3 is 2.33 bits per heavy atom. The average Bonchev–Trinajstić information content (AvgIpc) is 2.93. The number of hydrogen-bond donors (Lipinski definition) is 0. The molecule has 0 saturated heterocycles. The van der Waals surface area contributed by atoms with Gasteiger partial charge < -0.3 is 14.2 Å². The second kappa shape index (κ2) is 9.79. The van der Waals surface area contributed by atoms with Crippen molar-refractivity contribution in [2.24, 2.45) is 7.05 Å². The summed E-state index contributed by atoms with van der Waals surface area (Å²) in [6.45, 7) is 7.50. The lowest BCUT2D eigenvalue weighted by Crippen LogP contribution is -2.14. The van der Waals surface area contributed by atoms with Crippen LogP contribution in [0.2, 0.25) is 5.02 Å². The molecule has 1 heterocycles. The van der Waals surface area contributed by atoms with Gasteiger partial charge in [0, 0.05) is 14.2 Å². The number of benzene rings is 1. The monoisotopic (exact) mass is 431 g/mol. The lowest BCUT2D eigenvalue weighted by molar-refractivity contribution is -0.155. The molecule has 1 aromatic heterocycles. The average molecular weight is 432 g/mol. The molecule has 0 unspecified atom stereocenters. The summed E-state index contributed by atoms with van der Waals surface area (Å²) in [7, 11) is 3.09. The summed E-state index contributed by atoms with van der Waals surface area (Å²) in [6, 6.07) is 9.85. The van der Waals surface area contributed by atoms with E-state index in [4.69, 9.17) is 25.8 Å². The van der Waals surface area contributed by atoms with Crippen LogP contribution in [-0.2, 0) is 31.5 Å². The van der Waals surface area contributed by atoms with E-state index in [-0.39, 0.29) is 23.4 Å². The summed E-state index contributed by atoms with van der Waals surface area (Å²) in [5, 5.41) is 14.6. The molecule has 8 heteroatoms. The summed E-state index contributed by atoms with van der Waals surface area (Å²) in [6.07, 6.45) is 0. The summed E-state index contributed by atoms with van der Waals surface area (Å²) < 4.78 is 17.0. The van der Waals surface area contributed by atoms with Gasteiger partial charge in [0.15, 0.2) is 5.76 Å². The third-order valence-electron chi connectivity index (χ3n) is 4.43. The van der Waals surface area contributed by atoms with Crippen LogP contribution in [0.25, 0.3) is 11.3 Å². The third kappa shape index (κ3) is 5.41. The first-order valence-electron chi connectivity index (χ1n) is 9.32. The molecule has 0 spiro atoms. The van der Waals surface area contributed by atoms with E-state index in [1.54, 1.807) is 14.0 Å². The van der Waals surface area contributed by atoms with Crippen molar-refractivity contribution in [1.29, 1.82) is 5.26 Å². The molecule has 160 valence electrons. The molecule has 30 heavy (non-hydrogen) atoms. The van der Waals surface area contributed by atoms with Crippen LogP contribution in [0.1, 0.15) is 43.3 Å². The molecule has 0 aliphatic rings. The Balaban J connectivity index is 2.52. The number of aryl methyl sites for hydroxylation is 2. The number of allylic oxidation sites excluding steroid dienone is 1. The molecule has 0 aliphatic carbocycles.